The van der Waals surface area contributed by atoms with Crippen LogP contribution in [0.4, 0.5) is 0 Å². The second kappa shape index (κ2) is 6.43. The zero-order valence-corrected chi connectivity index (χ0v) is 12.8. The fourth-order valence-corrected chi connectivity index (χ4v) is 3.52. The number of likely N-dealkylation sites (N-methyl/N-ethyl adjacent to an activating group) is 1. The number of amides is 3. The van der Waals surface area contributed by atoms with Crippen molar-refractivity contribution >= 4 is 24.2 Å². The van der Waals surface area contributed by atoms with Gasteiger partial charge < -0.3 is 10.0 Å². The topological polar surface area (TPSA) is 98.2 Å². The fourth-order valence-electron chi connectivity index (χ4n) is 3.52. The van der Waals surface area contributed by atoms with Crippen LogP contribution in [0.3, 0.4) is 0 Å². The molecule has 3 rings (SSSR count). The number of carboxylic acid groups (broad SMARTS) is 1. The Balaban J connectivity index is 0.000000545. The Morgan fingerprint density at radius 1 is 1.18 bits per heavy atom. The Morgan fingerprint density at radius 3 is 2.09 bits per heavy atom. The molecule has 1 N–H and O–H groups in total. The van der Waals surface area contributed by atoms with Crippen LogP contribution in [0.1, 0.15) is 12.8 Å². The van der Waals surface area contributed by atoms with Gasteiger partial charge in [-0.05, 0) is 26.4 Å². The van der Waals surface area contributed by atoms with Gasteiger partial charge in [-0.15, -0.1) is 0 Å². The lowest BCUT2D eigenvalue weighted by molar-refractivity contribution is -0.140. The average Bonchev–Trinajstić information content (AvgIpc) is 3.15. The molecule has 0 aromatic heterocycles. The molecular weight excluding hydrogens is 290 g/mol. The van der Waals surface area contributed by atoms with Crippen molar-refractivity contribution in [2.24, 2.45) is 11.8 Å². The van der Waals surface area contributed by atoms with Gasteiger partial charge in [0.15, 0.2) is 0 Å². The molecule has 0 aromatic rings. The van der Waals surface area contributed by atoms with Crippen LogP contribution < -0.4 is 0 Å². The number of hydrogen-bond donors (Lipinski definition) is 1. The van der Waals surface area contributed by atoms with Crippen LogP contribution in [0.2, 0.25) is 0 Å². The number of likely N-dealkylation sites (tertiary alicyclic amines) is 3. The van der Waals surface area contributed by atoms with E-state index in [1.165, 1.54) is 11.9 Å². The maximum Gasteiger partial charge on any atom is 0.290 e. The number of hydrogen-bond acceptors (Lipinski definition) is 5. The van der Waals surface area contributed by atoms with E-state index in [4.69, 9.17) is 9.90 Å². The van der Waals surface area contributed by atoms with Crippen LogP contribution in [0.25, 0.3) is 0 Å². The fraction of sp³-hybridized carbons (Fsp3) is 0.714. The predicted molar refractivity (Wildman–Crippen MR) is 75.7 cm³/mol. The third-order valence-electron chi connectivity index (χ3n) is 4.73. The van der Waals surface area contributed by atoms with E-state index in [1.54, 1.807) is 4.90 Å². The van der Waals surface area contributed by atoms with E-state index in [9.17, 15) is 14.4 Å². The van der Waals surface area contributed by atoms with Gasteiger partial charge in [-0.3, -0.25) is 29.0 Å². The van der Waals surface area contributed by atoms with Crippen LogP contribution >= 0.6 is 0 Å². The minimum absolute atomic E-state index is 0.0678. The summed E-state index contributed by atoms with van der Waals surface area (Å²) in [5.74, 6) is -0.811. The molecule has 22 heavy (non-hydrogen) atoms. The Morgan fingerprint density at radius 2 is 1.68 bits per heavy atom. The van der Waals surface area contributed by atoms with Gasteiger partial charge in [0.1, 0.15) is 0 Å². The molecule has 3 amide bonds. The molecule has 8 heteroatoms. The quantitative estimate of drug-likeness (QED) is 0.485. The summed E-state index contributed by atoms with van der Waals surface area (Å²) in [5.41, 5.74) is 0. The van der Waals surface area contributed by atoms with Crippen molar-refractivity contribution in [1.29, 1.82) is 0 Å². The highest BCUT2D eigenvalue weighted by molar-refractivity contribution is 6.06. The number of fused-ring (bicyclic) bond motifs is 1. The predicted octanol–water partition coefficient (Wildman–Crippen LogP) is -1.15. The number of carbonyl (C=O) groups excluding carboxylic acids is 3. The van der Waals surface area contributed by atoms with Gasteiger partial charge in [-0.25, -0.2) is 0 Å². The zero-order chi connectivity index (χ0) is 16.4. The summed E-state index contributed by atoms with van der Waals surface area (Å²) in [6, 6.07) is -0.0678. The van der Waals surface area contributed by atoms with E-state index >= 15 is 0 Å². The van der Waals surface area contributed by atoms with Crippen molar-refractivity contribution in [3.8, 4) is 0 Å². The summed E-state index contributed by atoms with van der Waals surface area (Å²) < 4.78 is 0. The van der Waals surface area contributed by atoms with Crippen molar-refractivity contribution < 1.29 is 24.3 Å². The molecule has 0 bridgehead atoms. The van der Waals surface area contributed by atoms with Crippen molar-refractivity contribution in [2.75, 3.05) is 33.7 Å². The number of nitrogens with zero attached hydrogens (tertiary/aromatic N) is 3. The van der Waals surface area contributed by atoms with E-state index in [2.05, 4.69) is 4.90 Å². The Labute approximate surface area is 128 Å². The van der Waals surface area contributed by atoms with Crippen molar-refractivity contribution in [2.45, 2.75) is 18.9 Å². The minimum Gasteiger partial charge on any atom is -0.483 e. The molecule has 3 fully saturated rings. The molecule has 0 radical (unpaired) electrons. The molecule has 3 atom stereocenters. The van der Waals surface area contributed by atoms with Gasteiger partial charge in [0.2, 0.25) is 17.7 Å². The molecule has 3 aliphatic heterocycles. The van der Waals surface area contributed by atoms with Crippen LogP contribution in [0, 0.1) is 11.8 Å². The lowest BCUT2D eigenvalue weighted by Crippen LogP contribution is -2.45. The van der Waals surface area contributed by atoms with Crippen molar-refractivity contribution in [3.63, 3.8) is 0 Å². The molecule has 0 saturated carbocycles. The van der Waals surface area contributed by atoms with Crippen LogP contribution in [-0.4, -0.2) is 83.8 Å². The zero-order valence-electron chi connectivity index (χ0n) is 12.8. The lowest BCUT2D eigenvalue weighted by Gasteiger charge is -2.25. The summed E-state index contributed by atoms with van der Waals surface area (Å²) in [7, 11) is 3.48. The van der Waals surface area contributed by atoms with E-state index < -0.39 is 0 Å². The Hall–Kier alpha value is -1.96. The highest BCUT2D eigenvalue weighted by atomic mass is 16.3. The number of imide groups is 1. The highest BCUT2D eigenvalue weighted by Crippen LogP contribution is 2.33. The molecule has 122 valence electrons. The third kappa shape index (κ3) is 2.70. The van der Waals surface area contributed by atoms with Crippen LogP contribution in [-0.2, 0) is 19.2 Å². The first kappa shape index (κ1) is 16.4. The smallest absolute Gasteiger partial charge is 0.290 e. The summed E-state index contributed by atoms with van der Waals surface area (Å²) in [5, 5.41) is 6.89. The van der Waals surface area contributed by atoms with Gasteiger partial charge >= 0.3 is 0 Å². The average molecular weight is 311 g/mol. The monoisotopic (exact) mass is 311 g/mol. The van der Waals surface area contributed by atoms with Crippen molar-refractivity contribution in [1.82, 2.24) is 14.7 Å². The summed E-state index contributed by atoms with van der Waals surface area (Å²) in [6.45, 7) is 1.50. The molecule has 3 heterocycles. The molecular formula is C14H21N3O5. The third-order valence-corrected chi connectivity index (χ3v) is 4.73. The second-order valence-electron chi connectivity index (χ2n) is 5.94. The highest BCUT2D eigenvalue weighted by Gasteiger charge is 2.52. The van der Waals surface area contributed by atoms with Gasteiger partial charge in [0, 0.05) is 20.1 Å². The molecule has 0 spiro atoms. The standard InChI is InChI=1S/C13H19N3O3.CH2O2/c1-14-5-3-4-10(14)13(19)16-6-8-9(7-16)12(18)15(2)11(8)17;2-1-3/h8-10H,3-7H2,1-2H3;1H,(H,2,3)/t8-,9+,10-;/m1./s1. The molecule has 0 aliphatic carbocycles. The van der Waals surface area contributed by atoms with Crippen LogP contribution in [0.5, 0.6) is 0 Å². The largest absolute Gasteiger partial charge is 0.483 e. The SMILES string of the molecule is CN1C(=O)[C@H]2CN(C(=O)[C@H]3CCCN3C)C[C@H]2C1=O.O=CO. The van der Waals surface area contributed by atoms with Gasteiger partial charge in [0.05, 0.1) is 17.9 Å². The van der Waals surface area contributed by atoms with Crippen molar-refractivity contribution in [3.05, 3.63) is 0 Å². The molecule has 0 aromatic carbocycles. The molecule has 8 nitrogen and oxygen atoms in total. The minimum atomic E-state index is -0.312. The number of carbonyl (C=O) groups is 4. The first-order valence-corrected chi connectivity index (χ1v) is 7.30. The molecule has 3 saturated heterocycles. The van der Waals surface area contributed by atoms with Gasteiger partial charge in [-0.1, -0.05) is 0 Å². The van der Waals surface area contributed by atoms with E-state index in [1.807, 2.05) is 7.05 Å². The maximum absolute atomic E-state index is 12.4. The lowest BCUT2D eigenvalue weighted by atomic mass is 10.00. The maximum atomic E-state index is 12.4. The van der Waals surface area contributed by atoms with E-state index in [0.29, 0.717) is 13.1 Å². The summed E-state index contributed by atoms with van der Waals surface area (Å²) in [6.07, 6.45) is 1.91. The normalized spacial score (nSPS) is 31.1. The Kier molecular flexibility index (Phi) is 4.80. The first-order chi connectivity index (χ1) is 10.4. The van der Waals surface area contributed by atoms with E-state index in [-0.39, 0.29) is 42.1 Å². The molecule has 3 aliphatic rings. The second-order valence-corrected chi connectivity index (χ2v) is 5.94. The van der Waals surface area contributed by atoms with E-state index in [0.717, 1.165) is 19.4 Å². The number of rotatable bonds is 1. The first-order valence-electron chi connectivity index (χ1n) is 7.30. The molecule has 0 unspecified atom stereocenters. The summed E-state index contributed by atoms with van der Waals surface area (Å²) >= 11 is 0. The van der Waals surface area contributed by atoms with Gasteiger partial charge in [0.25, 0.3) is 6.47 Å². The summed E-state index contributed by atoms with van der Waals surface area (Å²) in [4.78, 5) is 49.6. The van der Waals surface area contributed by atoms with Crippen LogP contribution in [0.15, 0.2) is 0 Å². The Bertz CT molecular complexity index is 471. The van der Waals surface area contributed by atoms with Gasteiger partial charge in [-0.2, -0.15) is 0 Å².